The van der Waals surface area contributed by atoms with Crippen LogP contribution in [0.5, 0.6) is 0 Å². The van der Waals surface area contributed by atoms with Gasteiger partial charge in [-0.25, -0.2) is 0 Å². The molecule has 0 radical (unpaired) electrons. The largest absolute Gasteiger partial charge is 0.0882 e. The lowest BCUT2D eigenvalue weighted by Crippen LogP contribution is -1.68. The van der Waals surface area contributed by atoms with E-state index in [0.717, 1.165) is 12.8 Å². The maximum Gasteiger partial charge on any atom is -0.0313 e. The van der Waals surface area contributed by atoms with Gasteiger partial charge in [0.05, 0.1) is 0 Å². The quantitative estimate of drug-likeness (QED) is 0.473. The minimum Gasteiger partial charge on any atom is -0.0882 e. The molecule has 0 fully saturated rings. The second kappa shape index (κ2) is 6.66. The molecule has 64 valence electrons. The van der Waals surface area contributed by atoms with Crippen molar-refractivity contribution in [2.45, 2.75) is 25.7 Å². The summed E-state index contributed by atoms with van der Waals surface area (Å²) in [6.07, 6.45) is 22.0. The normalized spacial score (nSPS) is 24.0. The Hall–Kier alpha value is -1.04. The number of rotatable bonds is 0. The Labute approximate surface area is 75.0 Å². The monoisotopic (exact) mass is 160 g/mol. The van der Waals surface area contributed by atoms with Crippen molar-refractivity contribution in [2.75, 3.05) is 0 Å². The smallest absolute Gasteiger partial charge is 0.0313 e. The number of hydrogen-bond acceptors (Lipinski definition) is 0. The van der Waals surface area contributed by atoms with Crippen LogP contribution in [0, 0.1) is 0 Å². The summed E-state index contributed by atoms with van der Waals surface area (Å²) >= 11 is 0. The Balaban J connectivity index is 2.42. The van der Waals surface area contributed by atoms with Crippen molar-refractivity contribution in [1.29, 1.82) is 0 Å². The Bertz CT molecular complexity index is 182. The fraction of sp³-hybridized carbons (Fsp3) is 0.333. The molecule has 0 heteroatoms. The second-order valence-corrected chi connectivity index (χ2v) is 2.87. The van der Waals surface area contributed by atoms with E-state index in [2.05, 4.69) is 48.6 Å². The first-order valence-corrected chi connectivity index (χ1v) is 4.63. The van der Waals surface area contributed by atoms with Gasteiger partial charge in [0, 0.05) is 0 Å². The molecule has 0 aliphatic heterocycles. The molecule has 1 aliphatic carbocycles. The van der Waals surface area contributed by atoms with Crippen molar-refractivity contribution >= 4 is 0 Å². The van der Waals surface area contributed by atoms with E-state index in [1.54, 1.807) is 0 Å². The average molecular weight is 160 g/mol. The van der Waals surface area contributed by atoms with Crippen LogP contribution in [-0.2, 0) is 0 Å². The third-order valence-corrected chi connectivity index (χ3v) is 1.77. The van der Waals surface area contributed by atoms with Crippen LogP contribution in [0.25, 0.3) is 0 Å². The summed E-state index contributed by atoms with van der Waals surface area (Å²) in [5.74, 6) is 0. The van der Waals surface area contributed by atoms with E-state index < -0.39 is 0 Å². The predicted molar refractivity (Wildman–Crippen MR) is 55.0 cm³/mol. The molecule has 0 N–H and O–H groups in total. The zero-order valence-corrected chi connectivity index (χ0v) is 7.45. The third kappa shape index (κ3) is 4.73. The van der Waals surface area contributed by atoms with Crippen LogP contribution in [0.4, 0.5) is 0 Å². The fourth-order valence-electron chi connectivity index (χ4n) is 1.10. The molecule has 0 heterocycles. The van der Waals surface area contributed by atoms with Gasteiger partial charge in [0.2, 0.25) is 0 Å². The Morgan fingerprint density at radius 2 is 0.833 bits per heavy atom. The van der Waals surface area contributed by atoms with Gasteiger partial charge in [-0.05, 0) is 25.7 Å². The van der Waals surface area contributed by atoms with Gasteiger partial charge in [-0.2, -0.15) is 0 Å². The highest BCUT2D eigenvalue weighted by atomic mass is 13.9. The van der Waals surface area contributed by atoms with Crippen LogP contribution in [0.3, 0.4) is 0 Å². The van der Waals surface area contributed by atoms with E-state index in [4.69, 9.17) is 0 Å². The zero-order valence-electron chi connectivity index (χ0n) is 7.45. The predicted octanol–water partition coefficient (Wildman–Crippen LogP) is 3.79. The maximum absolute atomic E-state index is 2.27. The summed E-state index contributed by atoms with van der Waals surface area (Å²) in [6.45, 7) is 0. The Morgan fingerprint density at radius 3 is 1.33 bits per heavy atom. The molecule has 1 rings (SSSR count). The van der Waals surface area contributed by atoms with Gasteiger partial charge in [0.25, 0.3) is 0 Å². The summed E-state index contributed by atoms with van der Waals surface area (Å²) in [5.41, 5.74) is 0. The van der Waals surface area contributed by atoms with Gasteiger partial charge in [0.15, 0.2) is 0 Å². The molecule has 0 saturated carbocycles. The summed E-state index contributed by atoms with van der Waals surface area (Å²) in [4.78, 5) is 0. The molecule has 0 aromatic rings. The maximum atomic E-state index is 2.27. The third-order valence-electron chi connectivity index (χ3n) is 1.77. The Morgan fingerprint density at radius 1 is 0.417 bits per heavy atom. The van der Waals surface area contributed by atoms with Crippen molar-refractivity contribution in [1.82, 2.24) is 0 Å². The fourth-order valence-corrected chi connectivity index (χ4v) is 1.10. The lowest BCUT2D eigenvalue weighted by Gasteiger charge is -1.89. The molecule has 0 amide bonds. The van der Waals surface area contributed by atoms with Crippen molar-refractivity contribution in [3.05, 3.63) is 48.6 Å². The topological polar surface area (TPSA) is 0 Å². The molecule has 0 atom stereocenters. The molecule has 1 aliphatic rings. The molecule has 0 bridgehead atoms. The van der Waals surface area contributed by atoms with Gasteiger partial charge < -0.3 is 0 Å². The van der Waals surface area contributed by atoms with E-state index in [9.17, 15) is 0 Å². The Kier molecular flexibility index (Phi) is 5.02. The summed E-state index contributed by atoms with van der Waals surface area (Å²) in [7, 11) is 0. The molecule has 0 nitrogen and oxygen atoms in total. The SMILES string of the molecule is C1=C/C=C/CC/C=C/CCC=C1. The van der Waals surface area contributed by atoms with Crippen molar-refractivity contribution in [3.63, 3.8) is 0 Å². The first kappa shape index (κ1) is 9.05. The standard InChI is InChI=1S/C12H16/c1-2-4-6-8-10-12-11-9-7-5-3-1/h1-6,11-12H,7-10H2/b2-1?,5-3+,6-4?,12-11+. The first-order valence-electron chi connectivity index (χ1n) is 4.63. The van der Waals surface area contributed by atoms with Crippen LogP contribution in [0.15, 0.2) is 48.6 Å². The van der Waals surface area contributed by atoms with E-state index >= 15 is 0 Å². The van der Waals surface area contributed by atoms with Gasteiger partial charge in [0.1, 0.15) is 0 Å². The lowest BCUT2D eigenvalue weighted by molar-refractivity contribution is 1.00. The van der Waals surface area contributed by atoms with Gasteiger partial charge in [-0.1, -0.05) is 48.6 Å². The minimum absolute atomic E-state index is 1.16. The first-order chi connectivity index (χ1) is 6.00. The highest BCUT2D eigenvalue weighted by Gasteiger charge is 1.78. The van der Waals surface area contributed by atoms with Crippen LogP contribution in [0.2, 0.25) is 0 Å². The molecular formula is C12H16. The molecular weight excluding hydrogens is 144 g/mol. The van der Waals surface area contributed by atoms with E-state index in [1.165, 1.54) is 12.8 Å². The lowest BCUT2D eigenvalue weighted by atomic mass is 10.2. The van der Waals surface area contributed by atoms with Crippen LogP contribution >= 0.6 is 0 Å². The molecule has 0 aromatic carbocycles. The van der Waals surface area contributed by atoms with Gasteiger partial charge in [-0.3, -0.25) is 0 Å². The second-order valence-electron chi connectivity index (χ2n) is 2.87. The molecule has 0 aromatic heterocycles. The van der Waals surface area contributed by atoms with E-state index in [-0.39, 0.29) is 0 Å². The van der Waals surface area contributed by atoms with Crippen LogP contribution in [0.1, 0.15) is 25.7 Å². The average Bonchev–Trinajstić information content (AvgIpc) is 2.05. The van der Waals surface area contributed by atoms with E-state index in [1.807, 2.05) is 0 Å². The van der Waals surface area contributed by atoms with Gasteiger partial charge >= 0.3 is 0 Å². The molecule has 0 spiro atoms. The van der Waals surface area contributed by atoms with E-state index in [0.29, 0.717) is 0 Å². The zero-order chi connectivity index (χ0) is 8.49. The number of hydrogen-bond donors (Lipinski definition) is 0. The van der Waals surface area contributed by atoms with Crippen molar-refractivity contribution in [2.24, 2.45) is 0 Å². The summed E-state index contributed by atoms with van der Waals surface area (Å²) < 4.78 is 0. The van der Waals surface area contributed by atoms with Crippen molar-refractivity contribution < 1.29 is 0 Å². The minimum atomic E-state index is 1.16. The van der Waals surface area contributed by atoms with Crippen LogP contribution in [-0.4, -0.2) is 0 Å². The molecule has 0 unspecified atom stereocenters. The highest BCUT2D eigenvalue weighted by Crippen LogP contribution is 1.99. The molecule has 12 heavy (non-hydrogen) atoms. The van der Waals surface area contributed by atoms with Crippen LogP contribution < -0.4 is 0 Å². The van der Waals surface area contributed by atoms with Crippen molar-refractivity contribution in [3.8, 4) is 0 Å². The summed E-state index contributed by atoms with van der Waals surface area (Å²) in [5, 5.41) is 0. The highest BCUT2D eigenvalue weighted by molar-refractivity contribution is 5.11. The molecule has 0 saturated heterocycles. The summed E-state index contributed by atoms with van der Waals surface area (Å²) in [6, 6.07) is 0. The van der Waals surface area contributed by atoms with Gasteiger partial charge in [-0.15, -0.1) is 0 Å². The number of allylic oxidation sites excluding steroid dienone is 8.